The van der Waals surface area contributed by atoms with Crippen LogP contribution in [-0.2, 0) is 16.0 Å². The van der Waals surface area contributed by atoms with Crippen LogP contribution in [0.15, 0.2) is 36.0 Å². The van der Waals surface area contributed by atoms with Gasteiger partial charge in [0, 0.05) is 5.41 Å². The Hall–Kier alpha value is -2.89. The molecule has 0 unspecified atom stereocenters. The van der Waals surface area contributed by atoms with E-state index in [2.05, 4.69) is 34.6 Å². The second kappa shape index (κ2) is 10.6. The van der Waals surface area contributed by atoms with Gasteiger partial charge in [-0.25, -0.2) is 13.9 Å². The number of hydrogen-bond acceptors (Lipinski definition) is 9. The molecule has 0 bridgehead atoms. The Bertz CT molecular complexity index is 1670. The van der Waals surface area contributed by atoms with Crippen LogP contribution in [0.2, 0.25) is 0 Å². The molecule has 2 heterocycles. The van der Waals surface area contributed by atoms with Crippen molar-refractivity contribution in [2.75, 3.05) is 5.75 Å². The molecule has 1 N–H and O–H groups in total. The van der Waals surface area contributed by atoms with Gasteiger partial charge in [0.25, 0.3) is 0 Å². The van der Waals surface area contributed by atoms with Crippen molar-refractivity contribution >= 4 is 40.5 Å². The summed E-state index contributed by atoms with van der Waals surface area (Å²) in [6, 6.07) is 6.37. The first kappa shape index (κ1) is 29.8. The summed E-state index contributed by atoms with van der Waals surface area (Å²) in [6.07, 6.45) is 7.56. The third-order valence-electron chi connectivity index (χ3n) is 11.3. The maximum Gasteiger partial charge on any atom is 0.352 e. The number of aliphatic hydroxyl groups excluding tert-OH is 1. The summed E-state index contributed by atoms with van der Waals surface area (Å²) < 4.78 is 25.7. The number of rotatable bonds is 5. The predicted molar refractivity (Wildman–Crippen MR) is 167 cm³/mol. The lowest BCUT2D eigenvalue weighted by molar-refractivity contribution is -0.174. The molecule has 232 valence electrons. The van der Waals surface area contributed by atoms with E-state index in [1.165, 1.54) is 29.5 Å². The first-order chi connectivity index (χ1) is 21.0. The lowest BCUT2D eigenvalue weighted by atomic mass is 9.45. The summed E-state index contributed by atoms with van der Waals surface area (Å²) in [5.41, 5.74) is 2.42. The van der Waals surface area contributed by atoms with Gasteiger partial charge >= 0.3 is 5.97 Å². The van der Waals surface area contributed by atoms with Crippen LogP contribution in [0.4, 0.5) is 4.39 Å². The minimum atomic E-state index is -1.33. The minimum Gasteiger partial charge on any atom is -0.445 e. The number of halogens is 1. The fraction of sp³-hybridized carbons (Fsp3) is 0.545. The highest BCUT2D eigenvalue weighted by Crippen LogP contribution is 2.69. The molecule has 7 atom stereocenters. The third-order valence-corrected chi connectivity index (χ3v) is 13.0. The number of allylic oxidation sites excluding steroid dienone is 1. The summed E-state index contributed by atoms with van der Waals surface area (Å²) in [5, 5.41) is 20.6. The lowest BCUT2D eigenvalue weighted by Crippen LogP contribution is -2.62. The van der Waals surface area contributed by atoms with E-state index in [4.69, 9.17) is 4.74 Å². The highest BCUT2D eigenvalue weighted by atomic mass is 32.2. The van der Waals surface area contributed by atoms with Crippen molar-refractivity contribution in [3.05, 3.63) is 63.7 Å². The first-order valence-corrected chi connectivity index (χ1v) is 17.2. The van der Waals surface area contributed by atoms with Gasteiger partial charge in [0.15, 0.2) is 10.5 Å². The quantitative estimate of drug-likeness (QED) is 0.330. The van der Waals surface area contributed by atoms with Crippen LogP contribution in [0.3, 0.4) is 0 Å². The second-order valence-electron chi connectivity index (χ2n) is 13.4. The van der Waals surface area contributed by atoms with Crippen molar-refractivity contribution < 1.29 is 23.8 Å². The number of carbonyl (C=O) groups is 2. The normalized spacial score (nSPS) is 33.9. The number of aryl methyl sites for hydroxylation is 1. The Balaban J connectivity index is 1.23. The van der Waals surface area contributed by atoms with E-state index in [0.717, 1.165) is 54.2 Å². The zero-order valence-corrected chi connectivity index (χ0v) is 27.0. The average molecular weight is 637 g/mol. The molecule has 7 rings (SSSR count). The standard InChI is InChI=1S/C33H37FN4O4S2/c1-5-43-30(41)33(42-29(40)28-18(2)36-37-44-28)13-12-24-23-11-6-20-14-25-19(17-35-38(25)22-9-7-21(34)8-10-22)15-31(20,3)27(23)26(39)16-32(24,33)4/h7-10,14,17,23-24,26-27,39H,5-6,11-13,15-16H2,1-4H3/t23-,24-,26-,27+,31-,32-,33-/m0/s1. The van der Waals surface area contributed by atoms with Crippen LogP contribution in [0.1, 0.15) is 79.5 Å². The van der Waals surface area contributed by atoms with Gasteiger partial charge in [0.05, 0.1) is 29.4 Å². The monoisotopic (exact) mass is 636 g/mol. The van der Waals surface area contributed by atoms with Gasteiger partial charge in [-0.3, -0.25) is 4.79 Å². The molecule has 11 heteroatoms. The van der Waals surface area contributed by atoms with Crippen molar-refractivity contribution in [3.63, 3.8) is 0 Å². The fourth-order valence-corrected chi connectivity index (χ4v) is 10.8. The number of nitrogens with zero attached hydrogens (tertiary/aromatic N) is 4. The highest BCUT2D eigenvalue weighted by Gasteiger charge is 2.70. The molecule has 3 fully saturated rings. The smallest absolute Gasteiger partial charge is 0.352 e. The lowest BCUT2D eigenvalue weighted by Gasteiger charge is -2.60. The molecule has 4 aliphatic rings. The molecule has 0 saturated heterocycles. The summed E-state index contributed by atoms with van der Waals surface area (Å²) >= 11 is 2.19. The van der Waals surface area contributed by atoms with Crippen molar-refractivity contribution in [1.82, 2.24) is 19.4 Å². The number of aromatic nitrogens is 4. The molecule has 0 aliphatic heterocycles. The second-order valence-corrected chi connectivity index (χ2v) is 15.4. The molecule has 1 aromatic carbocycles. The average Bonchev–Trinajstić information content (AvgIpc) is 3.67. The number of hydrogen-bond donors (Lipinski definition) is 1. The van der Waals surface area contributed by atoms with E-state index < -0.39 is 23.1 Å². The van der Waals surface area contributed by atoms with Crippen LogP contribution in [0, 0.1) is 41.3 Å². The molecular formula is C33H37FN4O4S2. The van der Waals surface area contributed by atoms with E-state index in [1.54, 1.807) is 19.1 Å². The highest BCUT2D eigenvalue weighted by molar-refractivity contribution is 8.13. The maximum atomic E-state index is 14.0. The van der Waals surface area contributed by atoms with Crippen LogP contribution in [0.5, 0.6) is 0 Å². The number of carbonyl (C=O) groups excluding carboxylic acids is 2. The number of aliphatic hydroxyl groups is 1. The van der Waals surface area contributed by atoms with E-state index in [9.17, 15) is 19.1 Å². The Morgan fingerprint density at radius 1 is 1.23 bits per heavy atom. The van der Waals surface area contributed by atoms with Crippen LogP contribution in [0.25, 0.3) is 11.8 Å². The molecule has 0 radical (unpaired) electrons. The van der Waals surface area contributed by atoms with E-state index in [1.807, 2.05) is 17.8 Å². The predicted octanol–water partition coefficient (Wildman–Crippen LogP) is 6.20. The van der Waals surface area contributed by atoms with Gasteiger partial charge in [-0.05, 0) is 122 Å². The summed E-state index contributed by atoms with van der Waals surface area (Å²) in [5.74, 6) is 0.0260. The largest absolute Gasteiger partial charge is 0.445 e. The number of fused-ring (bicyclic) bond motifs is 6. The molecule has 8 nitrogen and oxygen atoms in total. The molecule has 3 saturated carbocycles. The molecule has 2 aromatic heterocycles. The zero-order chi connectivity index (χ0) is 31.0. The van der Waals surface area contributed by atoms with Gasteiger partial charge in [-0.15, -0.1) is 5.10 Å². The minimum absolute atomic E-state index is 0.00346. The number of esters is 1. The number of thioether (sulfide) groups is 1. The van der Waals surface area contributed by atoms with E-state index in [-0.39, 0.29) is 34.1 Å². The Kier molecular flexibility index (Phi) is 7.17. The maximum absolute atomic E-state index is 14.0. The summed E-state index contributed by atoms with van der Waals surface area (Å²) in [6.45, 7) is 8.00. The van der Waals surface area contributed by atoms with Crippen molar-refractivity contribution in [2.45, 2.75) is 77.9 Å². The van der Waals surface area contributed by atoms with Gasteiger partial charge < -0.3 is 9.84 Å². The Labute approximate surface area is 264 Å². The molecule has 3 aromatic rings. The van der Waals surface area contributed by atoms with E-state index >= 15 is 0 Å². The molecule has 4 aliphatic carbocycles. The molecule has 0 spiro atoms. The van der Waals surface area contributed by atoms with E-state index in [0.29, 0.717) is 29.2 Å². The number of benzene rings is 1. The first-order valence-electron chi connectivity index (χ1n) is 15.4. The zero-order valence-electron chi connectivity index (χ0n) is 25.4. The summed E-state index contributed by atoms with van der Waals surface area (Å²) in [7, 11) is 0. The van der Waals surface area contributed by atoms with Gasteiger partial charge in [-0.1, -0.05) is 42.6 Å². The molecule has 44 heavy (non-hydrogen) atoms. The SMILES string of the molecule is CCSC(=O)[C@@]1(OC(=O)c2snnc2C)CC[C@H]2[C@@H]3CCC4=Cc5c(cnn5-c5ccc(F)cc5)C[C@]4(C)[C@H]3[C@@H](O)C[C@@]21C. The topological polar surface area (TPSA) is 107 Å². The van der Waals surface area contributed by atoms with Gasteiger partial charge in [-0.2, -0.15) is 5.10 Å². The Morgan fingerprint density at radius 3 is 2.70 bits per heavy atom. The van der Waals surface area contributed by atoms with Crippen LogP contribution >= 0.6 is 23.3 Å². The fourth-order valence-electron chi connectivity index (χ4n) is 9.38. The van der Waals surface area contributed by atoms with Gasteiger partial charge in [0.2, 0.25) is 5.12 Å². The van der Waals surface area contributed by atoms with Crippen molar-refractivity contribution in [2.24, 2.45) is 28.6 Å². The van der Waals surface area contributed by atoms with Crippen LogP contribution < -0.4 is 0 Å². The van der Waals surface area contributed by atoms with Crippen molar-refractivity contribution in [3.8, 4) is 5.69 Å². The molecular weight excluding hydrogens is 600 g/mol. The Morgan fingerprint density at radius 2 is 2.00 bits per heavy atom. The van der Waals surface area contributed by atoms with Crippen molar-refractivity contribution in [1.29, 1.82) is 0 Å². The number of ether oxygens (including phenoxy) is 1. The molecule has 0 amide bonds. The summed E-state index contributed by atoms with van der Waals surface area (Å²) in [4.78, 5) is 27.8. The third kappa shape index (κ3) is 4.21. The van der Waals surface area contributed by atoms with Crippen LogP contribution in [-0.4, -0.2) is 53.0 Å². The van der Waals surface area contributed by atoms with Gasteiger partial charge in [0.1, 0.15) is 5.82 Å².